The topological polar surface area (TPSA) is 50.4 Å². The molecule has 2 bridgehead atoms. The second-order valence-electron chi connectivity index (χ2n) is 5.93. The number of benzene rings is 1. The fraction of sp³-hybridized carbons (Fsp3) is 0.562. The molecule has 5 heteroatoms. The van der Waals surface area contributed by atoms with Crippen molar-refractivity contribution >= 4 is 5.91 Å². The highest BCUT2D eigenvalue weighted by Gasteiger charge is 2.33. The lowest BCUT2D eigenvalue weighted by atomic mass is 10.00. The highest BCUT2D eigenvalue weighted by Crippen LogP contribution is 2.26. The van der Waals surface area contributed by atoms with Gasteiger partial charge in [0, 0.05) is 18.1 Å². The zero-order valence-corrected chi connectivity index (χ0v) is 12.0. The van der Waals surface area contributed by atoms with Crippen LogP contribution in [0.25, 0.3) is 0 Å². The van der Waals surface area contributed by atoms with Crippen molar-refractivity contribution in [2.75, 3.05) is 6.61 Å². The Bertz CT molecular complexity index is 480. The van der Waals surface area contributed by atoms with E-state index in [0.717, 1.165) is 12.8 Å². The fourth-order valence-corrected chi connectivity index (χ4v) is 3.27. The summed E-state index contributed by atoms with van der Waals surface area (Å²) in [5.41, 5.74) is 0. The summed E-state index contributed by atoms with van der Waals surface area (Å²) in [6, 6.07) is 7.27. The van der Waals surface area contributed by atoms with E-state index in [1.54, 1.807) is 12.1 Å². The molecule has 0 radical (unpaired) electrons. The van der Waals surface area contributed by atoms with Gasteiger partial charge in [-0.1, -0.05) is 0 Å². The van der Waals surface area contributed by atoms with Crippen molar-refractivity contribution in [3.05, 3.63) is 30.1 Å². The van der Waals surface area contributed by atoms with Crippen LogP contribution in [0.5, 0.6) is 5.75 Å². The van der Waals surface area contributed by atoms with Crippen LogP contribution in [-0.2, 0) is 4.79 Å². The molecule has 2 heterocycles. The summed E-state index contributed by atoms with van der Waals surface area (Å²) in [6.45, 7) is 0.315. The molecule has 2 fully saturated rings. The van der Waals surface area contributed by atoms with Gasteiger partial charge in [-0.05, 0) is 49.9 Å². The molecule has 1 aromatic rings. The van der Waals surface area contributed by atoms with Gasteiger partial charge in [0.25, 0.3) is 0 Å². The van der Waals surface area contributed by atoms with Gasteiger partial charge >= 0.3 is 0 Å². The van der Waals surface area contributed by atoms with Crippen molar-refractivity contribution in [2.45, 2.75) is 50.2 Å². The lowest BCUT2D eigenvalue weighted by Crippen LogP contribution is -2.48. The van der Waals surface area contributed by atoms with Crippen molar-refractivity contribution in [2.24, 2.45) is 0 Å². The molecule has 0 saturated carbocycles. The highest BCUT2D eigenvalue weighted by molar-refractivity contribution is 5.76. The minimum atomic E-state index is -0.291. The van der Waals surface area contributed by atoms with Gasteiger partial charge in [-0.3, -0.25) is 4.79 Å². The third kappa shape index (κ3) is 3.94. The van der Waals surface area contributed by atoms with Crippen LogP contribution in [0.3, 0.4) is 0 Å². The van der Waals surface area contributed by atoms with Crippen LogP contribution in [0.2, 0.25) is 0 Å². The molecular weight excluding hydrogens is 271 g/mol. The SMILES string of the molecule is O=C(CCOc1ccc(F)cc1)NC1CC2CCC(C1)N2. The van der Waals surface area contributed by atoms with Gasteiger partial charge in [0.2, 0.25) is 5.91 Å². The van der Waals surface area contributed by atoms with Crippen LogP contribution in [0.4, 0.5) is 4.39 Å². The zero-order valence-electron chi connectivity index (χ0n) is 12.0. The lowest BCUT2D eigenvalue weighted by Gasteiger charge is -2.29. The zero-order chi connectivity index (χ0) is 14.7. The van der Waals surface area contributed by atoms with Crippen LogP contribution in [0.1, 0.15) is 32.1 Å². The van der Waals surface area contributed by atoms with E-state index in [0.29, 0.717) is 36.9 Å². The summed E-state index contributed by atoms with van der Waals surface area (Å²) in [6.07, 6.45) is 4.84. The standard InChI is InChI=1S/C16H21FN2O2/c17-11-1-5-15(6-2-11)21-8-7-16(20)19-14-9-12-3-4-13(10-14)18-12/h1-2,5-6,12-14,18H,3-4,7-10H2,(H,19,20). The quantitative estimate of drug-likeness (QED) is 0.872. The molecule has 2 aliphatic rings. The summed E-state index contributed by atoms with van der Waals surface area (Å²) in [5, 5.41) is 6.65. The molecule has 1 aromatic carbocycles. The smallest absolute Gasteiger partial charge is 0.223 e. The van der Waals surface area contributed by atoms with E-state index in [4.69, 9.17) is 4.74 Å². The van der Waals surface area contributed by atoms with Gasteiger partial charge in [-0.25, -0.2) is 4.39 Å². The average Bonchev–Trinajstić information content (AvgIpc) is 2.80. The predicted octanol–water partition coefficient (Wildman–Crippen LogP) is 1.99. The molecule has 2 saturated heterocycles. The van der Waals surface area contributed by atoms with Crippen LogP contribution >= 0.6 is 0 Å². The maximum absolute atomic E-state index is 12.7. The third-order valence-corrected chi connectivity index (χ3v) is 4.25. The van der Waals surface area contributed by atoms with Gasteiger partial charge in [-0.2, -0.15) is 0 Å². The Morgan fingerprint density at radius 3 is 2.57 bits per heavy atom. The number of hydrogen-bond acceptors (Lipinski definition) is 3. The van der Waals surface area contributed by atoms with E-state index in [-0.39, 0.29) is 11.7 Å². The van der Waals surface area contributed by atoms with Crippen LogP contribution < -0.4 is 15.4 Å². The van der Waals surface area contributed by atoms with E-state index in [1.807, 2.05) is 0 Å². The number of fused-ring (bicyclic) bond motifs is 2. The molecule has 0 spiro atoms. The van der Waals surface area contributed by atoms with Crippen molar-refractivity contribution in [3.8, 4) is 5.75 Å². The number of carbonyl (C=O) groups excluding carboxylic acids is 1. The van der Waals surface area contributed by atoms with Crippen molar-refractivity contribution in [1.29, 1.82) is 0 Å². The van der Waals surface area contributed by atoms with Crippen LogP contribution in [0, 0.1) is 5.82 Å². The molecule has 21 heavy (non-hydrogen) atoms. The Morgan fingerprint density at radius 1 is 1.24 bits per heavy atom. The molecule has 1 amide bonds. The molecular formula is C16H21FN2O2. The number of halogens is 1. The van der Waals surface area contributed by atoms with E-state index < -0.39 is 0 Å². The van der Waals surface area contributed by atoms with Crippen LogP contribution in [0.15, 0.2) is 24.3 Å². The van der Waals surface area contributed by atoms with Crippen molar-refractivity contribution < 1.29 is 13.9 Å². The largest absolute Gasteiger partial charge is 0.493 e. The van der Waals surface area contributed by atoms with Gasteiger partial charge in [0.05, 0.1) is 13.0 Å². The Morgan fingerprint density at radius 2 is 1.90 bits per heavy atom. The molecule has 2 N–H and O–H groups in total. The van der Waals surface area contributed by atoms with E-state index >= 15 is 0 Å². The number of nitrogens with one attached hydrogen (secondary N) is 2. The molecule has 3 rings (SSSR count). The predicted molar refractivity (Wildman–Crippen MR) is 77.6 cm³/mol. The summed E-state index contributed by atoms with van der Waals surface area (Å²) < 4.78 is 18.2. The second-order valence-corrected chi connectivity index (χ2v) is 5.93. The molecule has 0 aliphatic carbocycles. The second kappa shape index (κ2) is 6.43. The molecule has 2 atom stereocenters. The maximum Gasteiger partial charge on any atom is 0.223 e. The molecule has 2 unspecified atom stereocenters. The molecule has 2 aliphatic heterocycles. The lowest BCUT2D eigenvalue weighted by molar-refractivity contribution is -0.122. The number of rotatable bonds is 5. The normalized spacial score (nSPS) is 27.4. The third-order valence-electron chi connectivity index (χ3n) is 4.25. The molecule has 0 aromatic heterocycles. The first-order valence-electron chi connectivity index (χ1n) is 7.63. The summed E-state index contributed by atoms with van der Waals surface area (Å²) >= 11 is 0. The summed E-state index contributed by atoms with van der Waals surface area (Å²) in [4.78, 5) is 11.9. The van der Waals surface area contributed by atoms with Gasteiger partial charge in [0.1, 0.15) is 11.6 Å². The number of amides is 1. The summed E-state index contributed by atoms with van der Waals surface area (Å²) in [7, 11) is 0. The molecule has 114 valence electrons. The summed E-state index contributed by atoms with van der Waals surface area (Å²) in [5.74, 6) is 0.327. The van der Waals surface area contributed by atoms with Crippen molar-refractivity contribution in [3.63, 3.8) is 0 Å². The number of carbonyl (C=O) groups is 1. The Kier molecular flexibility index (Phi) is 4.39. The maximum atomic E-state index is 12.7. The Hall–Kier alpha value is -1.62. The van der Waals surface area contributed by atoms with Crippen LogP contribution in [-0.4, -0.2) is 30.6 Å². The van der Waals surface area contributed by atoms with Gasteiger partial charge in [0.15, 0.2) is 0 Å². The fourth-order valence-electron chi connectivity index (χ4n) is 3.27. The van der Waals surface area contributed by atoms with Gasteiger partial charge < -0.3 is 15.4 Å². The van der Waals surface area contributed by atoms with E-state index in [2.05, 4.69) is 10.6 Å². The van der Waals surface area contributed by atoms with E-state index in [1.165, 1.54) is 25.0 Å². The van der Waals surface area contributed by atoms with Gasteiger partial charge in [-0.15, -0.1) is 0 Å². The number of hydrogen-bond donors (Lipinski definition) is 2. The monoisotopic (exact) mass is 292 g/mol. The first-order chi connectivity index (χ1) is 10.2. The minimum Gasteiger partial charge on any atom is -0.493 e. The average molecular weight is 292 g/mol. The van der Waals surface area contributed by atoms with Crippen molar-refractivity contribution in [1.82, 2.24) is 10.6 Å². The first-order valence-corrected chi connectivity index (χ1v) is 7.63. The molecule has 4 nitrogen and oxygen atoms in total. The Balaban J connectivity index is 1.37. The number of ether oxygens (including phenoxy) is 1. The minimum absolute atomic E-state index is 0.0309. The van der Waals surface area contributed by atoms with E-state index in [9.17, 15) is 9.18 Å². The number of piperidine rings is 1. The highest BCUT2D eigenvalue weighted by atomic mass is 19.1. The Labute approximate surface area is 124 Å². The first kappa shape index (κ1) is 14.3.